The van der Waals surface area contributed by atoms with Crippen LogP contribution in [0.3, 0.4) is 0 Å². The minimum Gasteiger partial charge on any atom is -0.389 e. The molecule has 3 N–H and O–H groups in total. The minimum absolute atomic E-state index is 0.0780. The number of aryl methyl sites for hydroxylation is 1. The van der Waals surface area contributed by atoms with Crippen LogP contribution in [0.4, 0.5) is 5.82 Å². The van der Waals surface area contributed by atoms with Crippen LogP contribution < -0.4 is 16.2 Å². The quantitative estimate of drug-likeness (QED) is 0.226. The number of pyridine rings is 1. The second-order valence-electron chi connectivity index (χ2n) is 8.08. The van der Waals surface area contributed by atoms with Crippen molar-refractivity contribution < 1.29 is 0 Å². The van der Waals surface area contributed by atoms with Gasteiger partial charge in [0.25, 0.3) is 0 Å². The smallest absolute Gasteiger partial charge is 0.250 e. The van der Waals surface area contributed by atoms with Crippen molar-refractivity contribution in [2.75, 3.05) is 11.9 Å². The Morgan fingerprint density at radius 2 is 2.00 bits per heavy atom. The van der Waals surface area contributed by atoms with E-state index < -0.39 is 0 Å². The summed E-state index contributed by atoms with van der Waals surface area (Å²) in [5, 5.41) is 24.5. The second kappa shape index (κ2) is 11.3. The summed E-state index contributed by atoms with van der Waals surface area (Å²) in [6, 6.07) is 18.8. The molecular weight excluding hydrogens is 474 g/mol. The molecule has 180 valence electrons. The molecule has 0 unspecified atom stereocenters. The van der Waals surface area contributed by atoms with Gasteiger partial charge < -0.3 is 20.6 Å². The fourth-order valence-corrected chi connectivity index (χ4v) is 3.86. The molecule has 0 bridgehead atoms. The number of fused-ring (bicyclic) bond motifs is 1. The lowest BCUT2D eigenvalue weighted by Crippen LogP contribution is -2.13. The van der Waals surface area contributed by atoms with E-state index >= 15 is 0 Å². The normalized spacial score (nSPS) is 11.2. The van der Waals surface area contributed by atoms with E-state index in [2.05, 4.69) is 21.7 Å². The second-order valence-corrected chi connectivity index (χ2v) is 8.52. The van der Waals surface area contributed by atoms with E-state index in [0.717, 1.165) is 22.1 Å². The maximum atomic E-state index is 11.8. The molecule has 9 heteroatoms. The highest BCUT2D eigenvalue weighted by Gasteiger charge is 2.12. The molecule has 2 heterocycles. The Bertz CT molecular complexity index is 1550. The third kappa shape index (κ3) is 5.77. The van der Waals surface area contributed by atoms with Gasteiger partial charge in [0.2, 0.25) is 5.56 Å². The van der Waals surface area contributed by atoms with Gasteiger partial charge in [-0.25, -0.2) is 9.97 Å². The number of nitrogens with one attached hydrogen (secondary N) is 3. The number of hydrogen-bond donors (Lipinski definition) is 3. The van der Waals surface area contributed by atoms with Crippen molar-refractivity contribution in [3.05, 3.63) is 93.8 Å². The minimum atomic E-state index is -0.0780. The summed E-state index contributed by atoms with van der Waals surface area (Å²) in [6.07, 6.45) is 4.96. The first-order chi connectivity index (χ1) is 17.5. The standard InChI is InChI=1S/C27H24ClN7O/c1-35-17-20(7-9-25(35)36)19-6-8-24-23(13-19)27(32-15-18-4-2-5-22(28)12-18)34-26(33-24)21(14-30)16-31-11-3-10-29/h2,4-9,12-14,16-17,30-31H,3,11,15H2,1H3,(H,32,33,34)/b21-16+,30-14?. The van der Waals surface area contributed by atoms with Crippen LogP contribution in [0.1, 0.15) is 17.8 Å². The predicted molar refractivity (Wildman–Crippen MR) is 144 cm³/mol. The van der Waals surface area contributed by atoms with E-state index in [0.29, 0.717) is 47.3 Å². The van der Waals surface area contributed by atoms with Gasteiger partial charge in [-0.05, 0) is 47.0 Å². The first kappa shape index (κ1) is 24.6. The average Bonchev–Trinajstić information content (AvgIpc) is 2.88. The zero-order chi connectivity index (χ0) is 25.5. The van der Waals surface area contributed by atoms with Crippen LogP contribution in [0, 0.1) is 16.7 Å². The fourth-order valence-electron chi connectivity index (χ4n) is 3.65. The van der Waals surface area contributed by atoms with Crippen LogP contribution in [0.2, 0.25) is 5.02 Å². The molecule has 0 saturated carbocycles. The maximum absolute atomic E-state index is 11.8. The van der Waals surface area contributed by atoms with Crippen molar-refractivity contribution in [3.63, 3.8) is 0 Å². The molecule has 4 rings (SSSR count). The van der Waals surface area contributed by atoms with Crippen LogP contribution >= 0.6 is 11.6 Å². The van der Waals surface area contributed by atoms with Crippen molar-refractivity contribution in [2.24, 2.45) is 7.05 Å². The molecule has 0 radical (unpaired) electrons. The van der Waals surface area contributed by atoms with E-state index in [4.69, 9.17) is 27.3 Å². The van der Waals surface area contributed by atoms with Crippen molar-refractivity contribution >= 4 is 40.1 Å². The summed E-state index contributed by atoms with van der Waals surface area (Å²) < 4.78 is 1.54. The molecule has 0 fully saturated rings. The van der Waals surface area contributed by atoms with Crippen LogP contribution in [0.25, 0.3) is 27.6 Å². The molecule has 8 nitrogen and oxygen atoms in total. The molecule has 0 spiro atoms. The molecular formula is C27H24ClN7O. The molecule has 0 aliphatic heterocycles. The van der Waals surface area contributed by atoms with E-state index in [1.165, 1.54) is 16.8 Å². The lowest BCUT2D eigenvalue weighted by Gasteiger charge is -2.13. The number of hydrogen-bond acceptors (Lipinski definition) is 7. The van der Waals surface area contributed by atoms with Crippen molar-refractivity contribution in [3.8, 4) is 17.2 Å². The van der Waals surface area contributed by atoms with Gasteiger partial charge in [-0.2, -0.15) is 5.26 Å². The molecule has 0 atom stereocenters. The van der Waals surface area contributed by atoms with Crippen molar-refractivity contribution in [1.82, 2.24) is 19.9 Å². The number of anilines is 1. The van der Waals surface area contributed by atoms with E-state index in [1.807, 2.05) is 42.5 Å². The maximum Gasteiger partial charge on any atom is 0.250 e. The van der Waals surface area contributed by atoms with Crippen molar-refractivity contribution in [1.29, 1.82) is 10.7 Å². The van der Waals surface area contributed by atoms with Crippen LogP contribution in [-0.2, 0) is 13.6 Å². The third-order valence-corrected chi connectivity index (χ3v) is 5.75. The van der Waals surface area contributed by atoms with Crippen LogP contribution in [0.5, 0.6) is 0 Å². The Hall–Kier alpha value is -4.48. The number of halogens is 1. The molecule has 0 aliphatic carbocycles. The SMILES string of the molecule is Cn1cc(-c2ccc3nc(/C(C=N)=C/NCCC#N)nc(NCc4cccc(Cl)c4)c3c2)ccc1=O. The number of benzene rings is 2. The molecule has 0 amide bonds. The summed E-state index contributed by atoms with van der Waals surface area (Å²) in [6.45, 7) is 0.949. The highest BCUT2D eigenvalue weighted by Crippen LogP contribution is 2.28. The van der Waals surface area contributed by atoms with E-state index in [-0.39, 0.29) is 5.56 Å². The van der Waals surface area contributed by atoms with E-state index in [9.17, 15) is 4.79 Å². The van der Waals surface area contributed by atoms with Gasteiger partial charge in [-0.15, -0.1) is 0 Å². The first-order valence-electron chi connectivity index (χ1n) is 11.3. The summed E-state index contributed by atoms with van der Waals surface area (Å²) in [7, 11) is 1.72. The van der Waals surface area contributed by atoms with E-state index in [1.54, 1.807) is 25.5 Å². The number of rotatable bonds is 9. The Labute approximate surface area is 213 Å². The molecule has 0 aliphatic rings. The molecule has 0 saturated heterocycles. The summed E-state index contributed by atoms with van der Waals surface area (Å²) in [4.78, 5) is 21.3. The highest BCUT2D eigenvalue weighted by atomic mass is 35.5. The van der Waals surface area contributed by atoms with Gasteiger partial charge >= 0.3 is 0 Å². The van der Waals surface area contributed by atoms with Gasteiger partial charge in [0.05, 0.1) is 23.6 Å². The van der Waals surface area contributed by atoms with Gasteiger partial charge in [0.1, 0.15) is 5.82 Å². The highest BCUT2D eigenvalue weighted by molar-refractivity contribution is 6.30. The van der Waals surface area contributed by atoms with Gasteiger partial charge in [0, 0.05) is 55.2 Å². The van der Waals surface area contributed by atoms with Gasteiger partial charge in [-0.1, -0.05) is 29.8 Å². The fraction of sp³-hybridized carbons (Fsp3) is 0.148. The summed E-state index contributed by atoms with van der Waals surface area (Å²) >= 11 is 6.15. The van der Waals surface area contributed by atoms with Crippen LogP contribution in [-0.4, -0.2) is 27.3 Å². The zero-order valence-electron chi connectivity index (χ0n) is 19.6. The number of aromatic nitrogens is 3. The van der Waals surface area contributed by atoms with Gasteiger partial charge in [0.15, 0.2) is 5.82 Å². The Morgan fingerprint density at radius 3 is 2.75 bits per heavy atom. The molecule has 36 heavy (non-hydrogen) atoms. The predicted octanol–water partition coefficient (Wildman–Crippen LogP) is 4.75. The summed E-state index contributed by atoms with van der Waals surface area (Å²) in [5.41, 5.74) is 3.92. The lowest BCUT2D eigenvalue weighted by atomic mass is 10.0. The number of allylic oxidation sites excluding steroid dienone is 1. The van der Waals surface area contributed by atoms with Crippen molar-refractivity contribution in [2.45, 2.75) is 13.0 Å². The topological polar surface area (TPSA) is 119 Å². The number of nitriles is 1. The number of nitrogens with zero attached hydrogens (tertiary/aromatic N) is 4. The van der Waals surface area contributed by atoms with Gasteiger partial charge in [-0.3, -0.25) is 4.79 Å². The molecule has 2 aromatic heterocycles. The van der Waals surface area contributed by atoms with Crippen LogP contribution in [0.15, 0.2) is 71.8 Å². The first-order valence-corrected chi connectivity index (χ1v) is 11.6. The Kier molecular flexibility index (Phi) is 7.73. The Morgan fingerprint density at radius 1 is 1.17 bits per heavy atom. The largest absolute Gasteiger partial charge is 0.389 e. The third-order valence-electron chi connectivity index (χ3n) is 5.52. The lowest BCUT2D eigenvalue weighted by molar-refractivity contribution is 0.860. The Balaban J connectivity index is 1.78. The molecule has 2 aromatic carbocycles. The monoisotopic (exact) mass is 497 g/mol. The zero-order valence-corrected chi connectivity index (χ0v) is 20.4. The molecule has 4 aromatic rings. The average molecular weight is 498 g/mol. The summed E-state index contributed by atoms with van der Waals surface area (Å²) in [5.74, 6) is 0.983.